The standard InChI is InChI=1S/C27H31N7O2.CH4/c1-18-15-24(32(4)14-13-31(2)3)25(34(35)36)16-23(18)30-27-28-11-10-22(29-27)21-17-33-12-6-8-19-7-5-9-20(21)26(19)33;/h5,7,9-11,15-17H,6,8,12-14H2,1-4H3,(H,28,29,30);1H4. The summed E-state index contributed by atoms with van der Waals surface area (Å²) in [4.78, 5) is 24.7. The van der Waals surface area contributed by atoms with Gasteiger partial charge in [-0.05, 0) is 57.1 Å². The molecule has 1 aliphatic rings. The number of aryl methyl sites for hydroxylation is 3. The lowest BCUT2D eigenvalue weighted by Crippen LogP contribution is -2.29. The Morgan fingerprint density at radius 1 is 1.16 bits per heavy atom. The summed E-state index contributed by atoms with van der Waals surface area (Å²) in [5.41, 5.74) is 6.69. The first-order valence-electron chi connectivity index (χ1n) is 12.2. The van der Waals surface area contributed by atoms with Crippen molar-refractivity contribution in [2.45, 2.75) is 33.7 Å². The van der Waals surface area contributed by atoms with Crippen molar-refractivity contribution in [3.05, 3.63) is 70.0 Å². The number of para-hydroxylation sites is 1. The van der Waals surface area contributed by atoms with E-state index in [1.807, 2.05) is 45.1 Å². The van der Waals surface area contributed by atoms with Crippen LogP contribution in [0.3, 0.4) is 0 Å². The zero-order valence-corrected chi connectivity index (χ0v) is 21.2. The molecular formula is C28H35N7O2. The Labute approximate surface area is 217 Å². The zero-order chi connectivity index (χ0) is 25.4. The van der Waals surface area contributed by atoms with E-state index >= 15 is 0 Å². The summed E-state index contributed by atoms with van der Waals surface area (Å²) in [6.45, 7) is 4.41. The third-order valence-electron chi connectivity index (χ3n) is 6.82. The lowest BCUT2D eigenvalue weighted by Gasteiger charge is -2.22. The Morgan fingerprint density at radius 3 is 2.73 bits per heavy atom. The summed E-state index contributed by atoms with van der Waals surface area (Å²) in [6.07, 6.45) is 6.13. The zero-order valence-electron chi connectivity index (χ0n) is 21.2. The number of likely N-dealkylation sites (N-methyl/N-ethyl adjacent to an activating group) is 2. The van der Waals surface area contributed by atoms with Crippen molar-refractivity contribution in [2.75, 3.05) is 44.4 Å². The molecule has 1 aliphatic heterocycles. The molecule has 0 bridgehead atoms. The molecule has 0 unspecified atom stereocenters. The molecule has 9 nitrogen and oxygen atoms in total. The van der Waals surface area contributed by atoms with Crippen LogP contribution in [0.2, 0.25) is 0 Å². The van der Waals surface area contributed by atoms with Crippen molar-refractivity contribution >= 4 is 33.9 Å². The highest BCUT2D eigenvalue weighted by atomic mass is 16.6. The van der Waals surface area contributed by atoms with E-state index in [2.05, 4.69) is 44.2 Å². The quantitative estimate of drug-likeness (QED) is 0.247. The third-order valence-corrected chi connectivity index (χ3v) is 6.82. The molecular weight excluding hydrogens is 466 g/mol. The van der Waals surface area contributed by atoms with Gasteiger partial charge in [-0.25, -0.2) is 9.97 Å². The highest BCUT2D eigenvalue weighted by Crippen LogP contribution is 2.36. The van der Waals surface area contributed by atoms with E-state index in [0.717, 1.165) is 42.8 Å². The largest absolute Gasteiger partial charge is 0.368 e. The summed E-state index contributed by atoms with van der Waals surface area (Å²) < 4.78 is 2.32. The Kier molecular flexibility index (Phi) is 7.45. The highest BCUT2D eigenvalue weighted by molar-refractivity contribution is 5.97. The predicted octanol–water partition coefficient (Wildman–Crippen LogP) is 5.64. The van der Waals surface area contributed by atoms with Gasteiger partial charge in [0.15, 0.2) is 0 Å². The number of hydrogen-bond acceptors (Lipinski definition) is 7. The maximum atomic E-state index is 11.9. The molecule has 0 saturated carbocycles. The minimum Gasteiger partial charge on any atom is -0.368 e. The van der Waals surface area contributed by atoms with Gasteiger partial charge >= 0.3 is 0 Å². The fraction of sp³-hybridized carbons (Fsp3) is 0.357. The average molecular weight is 502 g/mol. The van der Waals surface area contributed by atoms with Crippen molar-refractivity contribution < 1.29 is 4.92 Å². The molecule has 3 heterocycles. The Hall–Kier alpha value is -3.98. The molecule has 0 fully saturated rings. The number of nitrogens with zero attached hydrogens (tertiary/aromatic N) is 6. The van der Waals surface area contributed by atoms with Crippen LogP contribution in [0.4, 0.5) is 23.0 Å². The van der Waals surface area contributed by atoms with Gasteiger partial charge in [0.25, 0.3) is 5.69 Å². The van der Waals surface area contributed by atoms with Gasteiger partial charge in [0.1, 0.15) is 5.69 Å². The Balaban J connectivity index is 0.00000320. The SMILES string of the molecule is C.Cc1cc(N(C)CCN(C)C)c([N+](=O)[O-])cc1Nc1nccc(-c2cn3c4c(cccc24)CCC3)n1. The second-order valence-corrected chi connectivity index (χ2v) is 9.68. The molecule has 4 aromatic rings. The van der Waals surface area contributed by atoms with Gasteiger partial charge in [0.2, 0.25) is 5.95 Å². The van der Waals surface area contributed by atoms with Crippen molar-refractivity contribution in [3.8, 4) is 11.3 Å². The number of rotatable bonds is 8. The number of nitro groups is 1. The van der Waals surface area contributed by atoms with Crippen molar-refractivity contribution in [2.24, 2.45) is 0 Å². The first-order valence-corrected chi connectivity index (χ1v) is 12.2. The number of benzene rings is 2. The Bertz CT molecular complexity index is 1440. The fourth-order valence-electron chi connectivity index (χ4n) is 4.89. The smallest absolute Gasteiger partial charge is 0.294 e. The molecule has 1 N–H and O–H groups in total. The molecule has 0 aliphatic carbocycles. The monoisotopic (exact) mass is 501 g/mol. The first kappa shape index (κ1) is 26.1. The predicted molar refractivity (Wildman–Crippen MR) is 151 cm³/mol. The summed E-state index contributed by atoms with van der Waals surface area (Å²) in [5.74, 6) is 0.408. The summed E-state index contributed by atoms with van der Waals surface area (Å²) in [7, 11) is 5.85. The van der Waals surface area contributed by atoms with Gasteiger partial charge in [-0.15, -0.1) is 0 Å². The molecule has 2 aromatic heterocycles. The molecule has 0 saturated heterocycles. The van der Waals surface area contributed by atoms with Crippen LogP contribution >= 0.6 is 0 Å². The van der Waals surface area contributed by atoms with E-state index < -0.39 is 0 Å². The second-order valence-electron chi connectivity index (χ2n) is 9.68. The van der Waals surface area contributed by atoms with Gasteiger partial charge in [0.05, 0.1) is 21.8 Å². The van der Waals surface area contributed by atoms with Gasteiger partial charge in [-0.1, -0.05) is 25.6 Å². The fourth-order valence-corrected chi connectivity index (χ4v) is 4.89. The summed E-state index contributed by atoms with van der Waals surface area (Å²) >= 11 is 0. The molecule has 37 heavy (non-hydrogen) atoms. The number of nitro benzene ring substituents is 1. The van der Waals surface area contributed by atoms with Crippen LogP contribution in [0.15, 0.2) is 48.8 Å². The van der Waals surface area contributed by atoms with Gasteiger partial charge < -0.3 is 19.7 Å². The molecule has 2 aromatic carbocycles. The van der Waals surface area contributed by atoms with Crippen LogP contribution in [0, 0.1) is 17.0 Å². The minimum atomic E-state index is -0.336. The maximum absolute atomic E-state index is 11.9. The number of nitrogens with one attached hydrogen (secondary N) is 1. The lowest BCUT2D eigenvalue weighted by molar-refractivity contribution is -0.384. The van der Waals surface area contributed by atoms with Crippen LogP contribution in [0.5, 0.6) is 0 Å². The molecule has 9 heteroatoms. The summed E-state index contributed by atoms with van der Waals surface area (Å²) in [6, 6.07) is 11.8. The topological polar surface area (TPSA) is 92.4 Å². The molecule has 5 rings (SSSR count). The maximum Gasteiger partial charge on any atom is 0.294 e. The van der Waals surface area contributed by atoms with E-state index in [1.54, 1.807) is 12.3 Å². The Morgan fingerprint density at radius 2 is 1.97 bits per heavy atom. The van der Waals surface area contributed by atoms with E-state index in [0.29, 0.717) is 23.9 Å². The number of hydrogen-bond donors (Lipinski definition) is 1. The molecule has 0 atom stereocenters. The van der Waals surface area contributed by atoms with Crippen molar-refractivity contribution in [1.29, 1.82) is 0 Å². The normalized spacial score (nSPS) is 12.5. The molecule has 194 valence electrons. The highest BCUT2D eigenvalue weighted by Gasteiger charge is 2.21. The van der Waals surface area contributed by atoms with Crippen LogP contribution in [0.25, 0.3) is 22.2 Å². The van der Waals surface area contributed by atoms with Gasteiger partial charge in [0, 0.05) is 56.1 Å². The first-order chi connectivity index (χ1) is 17.3. The third kappa shape index (κ3) is 5.13. The van der Waals surface area contributed by atoms with E-state index in [9.17, 15) is 10.1 Å². The number of aromatic nitrogens is 3. The molecule has 0 spiro atoms. The van der Waals surface area contributed by atoms with Crippen molar-refractivity contribution in [1.82, 2.24) is 19.4 Å². The van der Waals surface area contributed by atoms with Crippen LogP contribution in [0.1, 0.15) is 25.0 Å². The average Bonchev–Trinajstić information content (AvgIpc) is 3.24. The molecule has 0 amide bonds. The van der Waals surface area contributed by atoms with Gasteiger partial charge in [-0.3, -0.25) is 10.1 Å². The van der Waals surface area contributed by atoms with E-state index in [-0.39, 0.29) is 18.0 Å². The van der Waals surface area contributed by atoms with Crippen LogP contribution in [-0.2, 0) is 13.0 Å². The lowest BCUT2D eigenvalue weighted by atomic mass is 10.0. The summed E-state index contributed by atoms with van der Waals surface area (Å²) in [5, 5.41) is 16.3. The van der Waals surface area contributed by atoms with E-state index in [4.69, 9.17) is 4.98 Å². The van der Waals surface area contributed by atoms with Gasteiger partial charge in [-0.2, -0.15) is 0 Å². The van der Waals surface area contributed by atoms with Crippen LogP contribution in [-0.4, -0.2) is 58.6 Å². The van der Waals surface area contributed by atoms with Crippen molar-refractivity contribution in [3.63, 3.8) is 0 Å². The second kappa shape index (κ2) is 10.6. The molecule has 0 radical (unpaired) electrons. The van der Waals surface area contributed by atoms with Crippen LogP contribution < -0.4 is 10.2 Å². The minimum absolute atomic E-state index is 0. The number of anilines is 3. The van der Waals surface area contributed by atoms with E-state index in [1.165, 1.54) is 16.5 Å².